The topological polar surface area (TPSA) is 79.3 Å². The molecule has 1 fully saturated rings. The van der Waals surface area contributed by atoms with Gasteiger partial charge in [-0.1, -0.05) is 33.8 Å². The van der Waals surface area contributed by atoms with E-state index in [9.17, 15) is 9.59 Å². The van der Waals surface area contributed by atoms with Gasteiger partial charge in [-0.2, -0.15) is 0 Å². The van der Waals surface area contributed by atoms with Gasteiger partial charge >= 0.3 is 5.97 Å². The molecular weight excluding hydrogens is 268 g/mol. The van der Waals surface area contributed by atoms with E-state index >= 15 is 0 Å². The van der Waals surface area contributed by atoms with Crippen molar-refractivity contribution in [2.24, 2.45) is 10.8 Å². The van der Waals surface area contributed by atoms with Gasteiger partial charge in [-0.3, -0.25) is 9.78 Å². The minimum Gasteiger partial charge on any atom is -0.478 e. The normalized spacial score (nSPS) is 19.4. The summed E-state index contributed by atoms with van der Waals surface area (Å²) in [6, 6.07) is 3.42. The maximum absolute atomic E-state index is 12.4. The first-order chi connectivity index (χ1) is 9.68. The number of hydrogen-bond acceptors (Lipinski definition) is 3. The van der Waals surface area contributed by atoms with Crippen LogP contribution in [0.4, 0.5) is 0 Å². The molecule has 2 N–H and O–H groups in total. The summed E-state index contributed by atoms with van der Waals surface area (Å²) in [4.78, 5) is 27.1. The monoisotopic (exact) mass is 288 g/mol. The second kappa shape index (κ2) is 4.98. The maximum atomic E-state index is 12.4. The van der Waals surface area contributed by atoms with Crippen LogP contribution in [0.15, 0.2) is 24.4 Å². The highest BCUT2D eigenvalue weighted by molar-refractivity contribution is 5.97. The van der Waals surface area contributed by atoms with Crippen molar-refractivity contribution in [1.29, 1.82) is 0 Å². The molecule has 0 saturated heterocycles. The molecule has 0 aromatic carbocycles. The van der Waals surface area contributed by atoms with E-state index < -0.39 is 5.97 Å². The molecule has 21 heavy (non-hydrogen) atoms. The van der Waals surface area contributed by atoms with Crippen LogP contribution in [0.25, 0.3) is 6.08 Å². The van der Waals surface area contributed by atoms with Crippen molar-refractivity contribution in [2.75, 3.05) is 0 Å². The number of rotatable bonds is 4. The van der Waals surface area contributed by atoms with Crippen molar-refractivity contribution in [1.82, 2.24) is 10.3 Å². The Bertz CT molecular complexity index is 604. The summed E-state index contributed by atoms with van der Waals surface area (Å²) < 4.78 is 0. The average molecular weight is 288 g/mol. The van der Waals surface area contributed by atoms with E-state index in [1.807, 2.05) is 0 Å². The molecule has 1 aliphatic rings. The van der Waals surface area contributed by atoms with Gasteiger partial charge in [0.2, 0.25) is 0 Å². The summed E-state index contributed by atoms with van der Waals surface area (Å²) in [5.41, 5.74) is 0.811. The number of carbonyl (C=O) groups excluding carboxylic acids is 1. The summed E-state index contributed by atoms with van der Waals surface area (Å²) in [5.74, 6) is -1.33. The van der Waals surface area contributed by atoms with Crippen LogP contribution >= 0.6 is 0 Å². The highest BCUT2D eigenvalue weighted by Gasteiger charge is 2.65. The van der Waals surface area contributed by atoms with E-state index in [0.717, 1.165) is 6.08 Å². The Hall–Kier alpha value is -2.17. The van der Waals surface area contributed by atoms with Gasteiger partial charge in [0.05, 0.1) is 0 Å². The second-order valence-electron chi connectivity index (χ2n) is 6.46. The third kappa shape index (κ3) is 2.68. The van der Waals surface area contributed by atoms with Crippen molar-refractivity contribution in [3.63, 3.8) is 0 Å². The lowest BCUT2D eigenvalue weighted by Gasteiger charge is -2.08. The molecule has 1 heterocycles. The van der Waals surface area contributed by atoms with Gasteiger partial charge in [-0.25, -0.2) is 4.79 Å². The van der Waals surface area contributed by atoms with Crippen LogP contribution in [-0.4, -0.2) is 28.0 Å². The first-order valence-corrected chi connectivity index (χ1v) is 6.85. The summed E-state index contributed by atoms with van der Waals surface area (Å²) in [6.45, 7) is 8.45. The minimum absolute atomic E-state index is 0.0362. The molecule has 1 amide bonds. The summed E-state index contributed by atoms with van der Waals surface area (Å²) in [7, 11) is 0. The summed E-state index contributed by atoms with van der Waals surface area (Å²) in [5, 5.41) is 11.7. The third-order valence-corrected chi connectivity index (χ3v) is 4.76. The van der Waals surface area contributed by atoms with Crippen LogP contribution in [0.5, 0.6) is 0 Å². The fraction of sp³-hybridized carbons (Fsp3) is 0.438. The Morgan fingerprint density at radius 3 is 2.43 bits per heavy atom. The number of carboxylic acid groups (broad SMARTS) is 1. The molecule has 1 aromatic rings. The molecule has 0 bridgehead atoms. The van der Waals surface area contributed by atoms with Crippen molar-refractivity contribution >= 4 is 18.0 Å². The van der Waals surface area contributed by atoms with Crippen molar-refractivity contribution in [2.45, 2.75) is 33.7 Å². The number of amides is 1. The molecule has 0 spiro atoms. The Morgan fingerprint density at radius 2 is 1.90 bits per heavy atom. The quantitative estimate of drug-likeness (QED) is 0.833. The Morgan fingerprint density at radius 1 is 1.29 bits per heavy atom. The van der Waals surface area contributed by atoms with E-state index in [0.29, 0.717) is 5.56 Å². The van der Waals surface area contributed by atoms with E-state index in [1.165, 1.54) is 12.3 Å². The molecule has 5 nitrogen and oxygen atoms in total. The number of pyridine rings is 1. The molecule has 0 radical (unpaired) electrons. The zero-order valence-corrected chi connectivity index (χ0v) is 12.7. The van der Waals surface area contributed by atoms with Gasteiger partial charge in [0.15, 0.2) is 0 Å². The number of carbonyl (C=O) groups is 2. The molecule has 1 aliphatic carbocycles. The van der Waals surface area contributed by atoms with Crippen LogP contribution in [0, 0.1) is 10.8 Å². The largest absolute Gasteiger partial charge is 0.478 e. The maximum Gasteiger partial charge on any atom is 0.328 e. The number of nitrogens with zero attached hydrogens (tertiary/aromatic N) is 1. The molecule has 0 unspecified atom stereocenters. The van der Waals surface area contributed by atoms with Gasteiger partial charge in [0.25, 0.3) is 5.91 Å². The number of aliphatic carboxylic acids is 1. The number of hydrogen-bond donors (Lipinski definition) is 2. The summed E-state index contributed by atoms with van der Waals surface area (Å²) >= 11 is 0. The average Bonchev–Trinajstić information content (AvgIpc) is 2.79. The van der Waals surface area contributed by atoms with E-state index in [2.05, 4.69) is 38.0 Å². The van der Waals surface area contributed by atoms with Crippen molar-refractivity contribution in [3.8, 4) is 0 Å². The van der Waals surface area contributed by atoms with Crippen LogP contribution in [-0.2, 0) is 4.79 Å². The highest BCUT2D eigenvalue weighted by Crippen LogP contribution is 2.62. The van der Waals surface area contributed by atoms with Crippen LogP contribution in [0.3, 0.4) is 0 Å². The summed E-state index contributed by atoms with van der Waals surface area (Å²) in [6.07, 6.45) is 3.91. The smallest absolute Gasteiger partial charge is 0.328 e. The molecule has 112 valence electrons. The number of carboxylic acids is 1. The van der Waals surface area contributed by atoms with Gasteiger partial charge in [0.1, 0.15) is 5.69 Å². The molecule has 1 saturated carbocycles. The second-order valence-corrected chi connectivity index (χ2v) is 6.46. The van der Waals surface area contributed by atoms with Gasteiger partial charge < -0.3 is 10.4 Å². The predicted molar refractivity (Wildman–Crippen MR) is 79.7 cm³/mol. The number of nitrogens with one attached hydrogen (secondary N) is 1. The van der Waals surface area contributed by atoms with E-state index in [1.54, 1.807) is 12.1 Å². The first-order valence-electron chi connectivity index (χ1n) is 6.85. The lowest BCUT2D eigenvalue weighted by molar-refractivity contribution is -0.131. The van der Waals surface area contributed by atoms with Crippen LogP contribution < -0.4 is 5.32 Å². The molecule has 0 atom stereocenters. The van der Waals surface area contributed by atoms with Crippen LogP contribution in [0.1, 0.15) is 43.7 Å². The molecule has 5 heteroatoms. The van der Waals surface area contributed by atoms with E-state index in [-0.39, 0.29) is 28.5 Å². The SMILES string of the molecule is CC1(C)C(NC(=O)c2ncccc2/C=C/C(=O)O)C1(C)C. The standard InChI is InChI=1S/C16H20N2O3/c1-15(2)14(16(15,3)4)18-13(21)12-10(6-5-9-17-12)7-8-11(19)20/h5-9,14H,1-4H3,(H,18,21)(H,19,20)/b8-7+. The zero-order chi connectivity index (χ0) is 15.8. The predicted octanol–water partition coefficient (Wildman–Crippen LogP) is 2.34. The fourth-order valence-corrected chi connectivity index (χ4v) is 2.66. The first kappa shape index (κ1) is 15.2. The van der Waals surface area contributed by atoms with Gasteiger partial charge in [-0.15, -0.1) is 0 Å². The van der Waals surface area contributed by atoms with Crippen molar-refractivity contribution < 1.29 is 14.7 Å². The molecular formula is C16H20N2O3. The van der Waals surface area contributed by atoms with Gasteiger partial charge in [-0.05, 0) is 23.0 Å². The van der Waals surface area contributed by atoms with Crippen LogP contribution in [0.2, 0.25) is 0 Å². The van der Waals surface area contributed by atoms with Crippen molar-refractivity contribution in [3.05, 3.63) is 35.7 Å². The lowest BCUT2D eigenvalue weighted by atomic mass is 10.0. The highest BCUT2D eigenvalue weighted by atomic mass is 16.4. The molecule has 0 aliphatic heterocycles. The minimum atomic E-state index is -1.06. The Labute approximate surface area is 124 Å². The van der Waals surface area contributed by atoms with E-state index in [4.69, 9.17) is 5.11 Å². The molecule has 2 rings (SSSR count). The Balaban J connectivity index is 2.20. The molecule has 1 aromatic heterocycles. The third-order valence-electron chi connectivity index (χ3n) is 4.76. The fourth-order valence-electron chi connectivity index (χ4n) is 2.66. The zero-order valence-electron chi connectivity index (χ0n) is 12.7. The number of aromatic nitrogens is 1. The lowest BCUT2D eigenvalue weighted by Crippen LogP contribution is -2.31. The Kier molecular flexibility index (Phi) is 3.61. The van der Waals surface area contributed by atoms with Gasteiger partial charge in [0, 0.05) is 23.9 Å².